The number of hydrogen-bond acceptors (Lipinski definition) is 2. The van der Waals surface area contributed by atoms with Crippen LogP contribution in [0.3, 0.4) is 0 Å². The number of nitrogens with zero attached hydrogens (tertiary/aromatic N) is 1. The largest absolute Gasteiger partial charge is 0.479 e. The Hall–Kier alpha value is -1.31. The van der Waals surface area contributed by atoms with Gasteiger partial charge in [-0.3, -0.25) is 0 Å². The number of aliphatic carboxylic acids is 1. The van der Waals surface area contributed by atoms with E-state index in [9.17, 15) is 14.7 Å². The molecule has 1 unspecified atom stereocenters. The molecule has 108 valence electrons. The maximum absolute atomic E-state index is 12.4. The minimum atomic E-state index is -1.06. The van der Waals surface area contributed by atoms with Crippen LogP contribution in [0.25, 0.3) is 0 Å². The molecule has 0 radical (unpaired) electrons. The number of urea groups is 1. The van der Waals surface area contributed by atoms with Crippen LogP contribution in [0.15, 0.2) is 24.3 Å². The number of amides is 2. The molecule has 1 saturated heterocycles. The Morgan fingerprint density at radius 2 is 2.25 bits per heavy atom. The summed E-state index contributed by atoms with van der Waals surface area (Å²) in [7, 11) is 0. The standard InChI is InChI=1S/C14H17IN2O3/c1-2-14(12(18)19)7-4-8-17(14)13(20)16-11-6-3-5-10(15)9-11/h3,5-6,9H,2,4,7-8H2,1H3,(H,16,20)(H,18,19). The van der Waals surface area contributed by atoms with Crippen molar-refractivity contribution in [2.24, 2.45) is 0 Å². The SMILES string of the molecule is CCC1(C(=O)O)CCCN1C(=O)Nc1cccc(I)c1. The third-order valence-electron chi connectivity index (χ3n) is 3.79. The number of benzene rings is 1. The Bertz CT molecular complexity index is 535. The lowest BCUT2D eigenvalue weighted by molar-refractivity contribution is -0.148. The Labute approximate surface area is 131 Å². The van der Waals surface area contributed by atoms with E-state index in [0.29, 0.717) is 25.1 Å². The fraction of sp³-hybridized carbons (Fsp3) is 0.429. The smallest absolute Gasteiger partial charge is 0.329 e. The van der Waals surface area contributed by atoms with Crippen molar-refractivity contribution in [2.75, 3.05) is 11.9 Å². The molecule has 20 heavy (non-hydrogen) atoms. The van der Waals surface area contributed by atoms with E-state index in [1.165, 1.54) is 4.90 Å². The molecule has 2 amide bonds. The number of carboxylic acid groups (broad SMARTS) is 1. The van der Waals surface area contributed by atoms with Crippen LogP contribution in [0.1, 0.15) is 26.2 Å². The van der Waals surface area contributed by atoms with Crippen molar-refractivity contribution in [1.29, 1.82) is 0 Å². The van der Waals surface area contributed by atoms with E-state index in [0.717, 1.165) is 9.99 Å². The van der Waals surface area contributed by atoms with Gasteiger partial charge in [-0.05, 0) is 60.1 Å². The number of carbonyl (C=O) groups is 2. The second kappa shape index (κ2) is 5.99. The predicted octanol–water partition coefficient (Wildman–Crippen LogP) is 3.15. The molecule has 1 aromatic carbocycles. The van der Waals surface area contributed by atoms with Crippen LogP contribution in [0.2, 0.25) is 0 Å². The van der Waals surface area contributed by atoms with Gasteiger partial charge in [-0.1, -0.05) is 13.0 Å². The molecule has 2 rings (SSSR count). The van der Waals surface area contributed by atoms with Crippen molar-refractivity contribution in [3.05, 3.63) is 27.8 Å². The zero-order valence-electron chi connectivity index (χ0n) is 11.2. The van der Waals surface area contributed by atoms with Gasteiger partial charge in [0.05, 0.1) is 0 Å². The molecular weight excluding hydrogens is 371 g/mol. The fourth-order valence-electron chi connectivity index (χ4n) is 2.67. The number of likely N-dealkylation sites (tertiary alicyclic amines) is 1. The molecule has 1 atom stereocenters. The van der Waals surface area contributed by atoms with E-state index in [1.54, 1.807) is 6.07 Å². The topological polar surface area (TPSA) is 69.6 Å². The summed E-state index contributed by atoms with van der Waals surface area (Å²) < 4.78 is 1.02. The molecule has 2 N–H and O–H groups in total. The summed E-state index contributed by atoms with van der Waals surface area (Å²) in [5.74, 6) is -0.921. The van der Waals surface area contributed by atoms with Crippen molar-refractivity contribution in [3.8, 4) is 0 Å². The molecule has 5 nitrogen and oxygen atoms in total. The lowest BCUT2D eigenvalue weighted by Gasteiger charge is -2.33. The van der Waals surface area contributed by atoms with Gasteiger partial charge in [-0.2, -0.15) is 0 Å². The van der Waals surface area contributed by atoms with Crippen molar-refractivity contribution >= 4 is 40.3 Å². The van der Waals surface area contributed by atoms with Crippen LogP contribution in [0.4, 0.5) is 10.5 Å². The molecule has 6 heteroatoms. The zero-order valence-corrected chi connectivity index (χ0v) is 13.4. The van der Waals surface area contributed by atoms with Crippen LogP contribution < -0.4 is 5.32 Å². The number of rotatable bonds is 3. The summed E-state index contributed by atoms with van der Waals surface area (Å²) in [6.07, 6.45) is 1.65. The zero-order chi connectivity index (χ0) is 14.8. The first kappa shape index (κ1) is 15.1. The Kier molecular flexibility index (Phi) is 4.52. The van der Waals surface area contributed by atoms with Crippen LogP contribution in [-0.2, 0) is 4.79 Å². The lowest BCUT2D eigenvalue weighted by Crippen LogP contribution is -2.54. The molecule has 1 aromatic rings. The van der Waals surface area contributed by atoms with Gasteiger partial charge >= 0.3 is 12.0 Å². The van der Waals surface area contributed by atoms with Gasteiger partial charge in [0.25, 0.3) is 0 Å². The predicted molar refractivity (Wildman–Crippen MR) is 84.8 cm³/mol. The Balaban J connectivity index is 2.18. The molecule has 1 aliphatic heterocycles. The highest BCUT2D eigenvalue weighted by Gasteiger charge is 2.48. The molecule has 0 saturated carbocycles. The number of carboxylic acids is 1. The van der Waals surface area contributed by atoms with E-state index >= 15 is 0 Å². The van der Waals surface area contributed by atoms with Gasteiger partial charge in [0.1, 0.15) is 5.54 Å². The minimum absolute atomic E-state index is 0.339. The van der Waals surface area contributed by atoms with E-state index in [1.807, 2.05) is 25.1 Å². The lowest BCUT2D eigenvalue weighted by atomic mass is 9.93. The van der Waals surface area contributed by atoms with Crippen molar-refractivity contribution in [3.63, 3.8) is 0 Å². The van der Waals surface area contributed by atoms with E-state index in [-0.39, 0.29) is 6.03 Å². The number of hydrogen-bond donors (Lipinski definition) is 2. The highest BCUT2D eigenvalue weighted by molar-refractivity contribution is 14.1. The Morgan fingerprint density at radius 3 is 2.85 bits per heavy atom. The summed E-state index contributed by atoms with van der Waals surface area (Å²) in [5, 5.41) is 12.3. The van der Waals surface area contributed by atoms with Gasteiger partial charge in [-0.15, -0.1) is 0 Å². The van der Waals surface area contributed by atoms with Gasteiger partial charge < -0.3 is 15.3 Å². The van der Waals surface area contributed by atoms with Crippen LogP contribution in [0, 0.1) is 3.57 Å². The number of carbonyl (C=O) groups excluding carboxylic acids is 1. The molecular formula is C14H17IN2O3. The van der Waals surface area contributed by atoms with E-state index < -0.39 is 11.5 Å². The molecule has 0 spiro atoms. The number of nitrogens with one attached hydrogen (secondary N) is 1. The molecule has 0 aliphatic carbocycles. The van der Waals surface area contributed by atoms with Gasteiger partial charge in [0.15, 0.2) is 0 Å². The van der Waals surface area contributed by atoms with Crippen LogP contribution in [-0.4, -0.2) is 34.1 Å². The van der Waals surface area contributed by atoms with Crippen LogP contribution in [0.5, 0.6) is 0 Å². The first-order valence-corrected chi connectivity index (χ1v) is 7.65. The molecule has 0 bridgehead atoms. The average Bonchev–Trinajstić information content (AvgIpc) is 2.83. The van der Waals surface area contributed by atoms with Gasteiger partial charge in [-0.25, -0.2) is 9.59 Å². The van der Waals surface area contributed by atoms with Crippen LogP contribution >= 0.6 is 22.6 Å². The molecule has 1 aliphatic rings. The van der Waals surface area contributed by atoms with Crippen molar-refractivity contribution in [2.45, 2.75) is 31.7 Å². The minimum Gasteiger partial charge on any atom is -0.479 e. The molecule has 1 heterocycles. The first-order chi connectivity index (χ1) is 9.49. The summed E-state index contributed by atoms with van der Waals surface area (Å²) in [5.41, 5.74) is -0.379. The fourth-order valence-corrected chi connectivity index (χ4v) is 3.22. The summed E-state index contributed by atoms with van der Waals surface area (Å²) >= 11 is 2.17. The third kappa shape index (κ3) is 2.74. The summed E-state index contributed by atoms with van der Waals surface area (Å²) in [6.45, 7) is 2.29. The number of anilines is 1. The third-order valence-corrected chi connectivity index (χ3v) is 4.46. The quantitative estimate of drug-likeness (QED) is 0.782. The van der Waals surface area contributed by atoms with Gasteiger partial charge in [0.2, 0.25) is 0 Å². The molecule has 0 aromatic heterocycles. The first-order valence-electron chi connectivity index (χ1n) is 6.57. The average molecular weight is 388 g/mol. The van der Waals surface area contributed by atoms with Gasteiger partial charge in [0, 0.05) is 15.8 Å². The normalized spacial score (nSPS) is 21.8. The Morgan fingerprint density at radius 1 is 1.50 bits per heavy atom. The summed E-state index contributed by atoms with van der Waals surface area (Å²) in [4.78, 5) is 25.4. The monoisotopic (exact) mass is 388 g/mol. The highest BCUT2D eigenvalue weighted by Crippen LogP contribution is 2.33. The highest BCUT2D eigenvalue weighted by atomic mass is 127. The second-order valence-corrected chi connectivity index (χ2v) is 6.13. The summed E-state index contributed by atoms with van der Waals surface area (Å²) in [6, 6.07) is 7.09. The van der Waals surface area contributed by atoms with E-state index in [4.69, 9.17) is 0 Å². The molecule has 1 fully saturated rings. The second-order valence-electron chi connectivity index (χ2n) is 4.89. The maximum Gasteiger partial charge on any atom is 0.329 e. The van der Waals surface area contributed by atoms with Crippen molar-refractivity contribution < 1.29 is 14.7 Å². The maximum atomic E-state index is 12.4. The van der Waals surface area contributed by atoms with Crippen molar-refractivity contribution in [1.82, 2.24) is 4.90 Å². The number of halogens is 1. The van der Waals surface area contributed by atoms with E-state index in [2.05, 4.69) is 27.9 Å².